The van der Waals surface area contributed by atoms with E-state index in [-0.39, 0.29) is 22.6 Å². The van der Waals surface area contributed by atoms with Crippen LogP contribution in [0.4, 0.5) is 17.6 Å². The van der Waals surface area contributed by atoms with E-state index in [1.807, 2.05) is 6.08 Å². The molecule has 2 aromatic rings. The topological polar surface area (TPSA) is 9.23 Å². The number of benzene rings is 2. The summed E-state index contributed by atoms with van der Waals surface area (Å²) in [6.07, 6.45) is 10.7. The fraction of sp³-hybridized carbons (Fsp3) is 0.533. The molecule has 0 aromatic heterocycles. The molecule has 2 unspecified atom stereocenters. The van der Waals surface area contributed by atoms with Gasteiger partial charge in [-0.05, 0) is 81.1 Å². The molecule has 5 heteroatoms. The van der Waals surface area contributed by atoms with E-state index >= 15 is 17.6 Å². The van der Waals surface area contributed by atoms with Gasteiger partial charge in [0.25, 0.3) is 0 Å². The molecule has 2 fully saturated rings. The minimum atomic E-state index is -1.16. The summed E-state index contributed by atoms with van der Waals surface area (Å²) in [7, 11) is 0. The van der Waals surface area contributed by atoms with Crippen LogP contribution in [0.2, 0.25) is 0 Å². The second-order valence-electron chi connectivity index (χ2n) is 10.3. The van der Waals surface area contributed by atoms with Gasteiger partial charge in [-0.25, -0.2) is 17.6 Å². The second-order valence-corrected chi connectivity index (χ2v) is 10.3. The van der Waals surface area contributed by atoms with Gasteiger partial charge in [0.1, 0.15) is 0 Å². The highest BCUT2D eigenvalue weighted by Crippen LogP contribution is 2.41. The van der Waals surface area contributed by atoms with Crippen molar-refractivity contribution in [1.82, 2.24) is 0 Å². The van der Waals surface area contributed by atoms with E-state index in [1.54, 1.807) is 6.07 Å². The minimum Gasteiger partial charge on any atom is -0.373 e. The molecule has 0 bridgehead atoms. The van der Waals surface area contributed by atoms with E-state index < -0.39 is 29.4 Å². The smallest absolute Gasteiger partial charge is 0.167 e. The van der Waals surface area contributed by atoms with Gasteiger partial charge in [-0.3, -0.25) is 0 Å². The van der Waals surface area contributed by atoms with Crippen LogP contribution in [0.3, 0.4) is 0 Å². The van der Waals surface area contributed by atoms with E-state index in [0.717, 1.165) is 57.8 Å². The molecular weight excluding hydrogens is 452 g/mol. The number of halogens is 4. The molecule has 0 N–H and O–H groups in total. The van der Waals surface area contributed by atoms with Gasteiger partial charge in [-0.15, -0.1) is 6.58 Å². The molecule has 2 aromatic carbocycles. The summed E-state index contributed by atoms with van der Waals surface area (Å²) in [5.41, 5.74) is -0.0292. The summed E-state index contributed by atoms with van der Waals surface area (Å²) in [6, 6.07) is 5.74. The molecule has 1 aliphatic carbocycles. The maximum atomic E-state index is 15.1. The molecule has 1 saturated carbocycles. The Labute approximate surface area is 206 Å². The Hall–Kier alpha value is -2.14. The van der Waals surface area contributed by atoms with Gasteiger partial charge in [0.2, 0.25) is 0 Å². The van der Waals surface area contributed by atoms with Gasteiger partial charge >= 0.3 is 0 Å². The summed E-state index contributed by atoms with van der Waals surface area (Å²) >= 11 is 0. The minimum absolute atomic E-state index is 0.0533. The number of hydrogen-bond acceptors (Lipinski definition) is 1. The molecule has 0 spiro atoms. The third-order valence-electron chi connectivity index (χ3n) is 7.99. The molecule has 1 saturated heterocycles. The Bertz CT molecular complexity index is 1020. The molecule has 2 atom stereocenters. The fourth-order valence-corrected chi connectivity index (χ4v) is 5.91. The van der Waals surface area contributed by atoms with Crippen LogP contribution in [0.25, 0.3) is 11.1 Å². The Morgan fingerprint density at radius 3 is 1.94 bits per heavy atom. The van der Waals surface area contributed by atoms with E-state index in [2.05, 4.69) is 13.5 Å². The van der Waals surface area contributed by atoms with Crippen molar-refractivity contribution in [2.45, 2.75) is 83.2 Å². The molecule has 2 aliphatic rings. The van der Waals surface area contributed by atoms with Crippen LogP contribution in [0, 0.1) is 35.1 Å². The first kappa shape index (κ1) is 25.9. The SMILES string of the molecule is C=CCCC1CCC(c2ccc(-c3ccc(C4CCC(CCC)CO4)c(F)c3F)c(F)c2F)CC1. The molecule has 35 heavy (non-hydrogen) atoms. The largest absolute Gasteiger partial charge is 0.373 e. The highest BCUT2D eigenvalue weighted by atomic mass is 19.2. The average molecular weight is 489 g/mol. The number of hydrogen-bond donors (Lipinski definition) is 0. The van der Waals surface area contributed by atoms with Crippen LogP contribution in [0.1, 0.15) is 94.3 Å². The molecule has 0 amide bonds. The first-order chi connectivity index (χ1) is 16.9. The maximum Gasteiger partial charge on any atom is 0.167 e. The van der Waals surface area contributed by atoms with Crippen LogP contribution >= 0.6 is 0 Å². The average Bonchev–Trinajstić information content (AvgIpc) is 2.87. The van der Waals surface area contributed by atoms with Crippen LogP contribution in [0.5, 0.6) is 0 Å². The Morgan fingerprint density at radius 2 is 1.37 bits per heavy atom. The van der Waals surface area contributed by atoms with Gasteiger partial charge in [-0.1, -0.05) is 43.7 Å². The molecule has 4 rings (SSSR count). The standard InChI is InChI=1S/C30H36F4O/c1-3-5-7-19-8-11-21(12-9-19)22-13-14-23(28(32)27(22)31)24-15-16-25(30(34)29(24)33)26-17-10-20(6-4-2)18-35-26/h3,13-16,19-21,26H,1,4-12,17-18H2,2H3. The third-order valence-corrected chi connectivity index (χ3v) is 7.99. The van der Waals surface area contributed by atoms with E-state index in [4.69, 9.17) is 4.74 Å². The second kappa shape index (κ2) is 11.7. The van der Waals surface area contributed by atoms with Crippen molar-refractivity contribution < 1.29 is 22.3 Å². The fourth-order valence-electron chi connectivity index (χ4n) is 5.91. The highest BCUT2D eigenvalue weighted by molar-refractivity contribution is 5.66. The molecule has 0 radical (unpaired) electrons. The highest BCUT2D eigenvalue weighted by Gasteiger charge is 2.29. The predicted molar refractivity (Wildman–Crippen MR) is 132 cm³/mol. The van der Waals surface area contributed by atoms with Crippen molar-refractivity contribution in [1.29, 1.82) is 0 Å². The lowest BCUT2D eigenvalue weighted by Gasteiger charge is -2.30. The van der Waals surface area contributed by atoms with Crippen LogP contribution < -0.4 is 0 Å². The van der Waals surface area contributed by atoms with Gasteiger partial charge in [0, 0.05) is 16.7 Å². The lowest BCUT2D eigenvalue weighted by atomic mass is 9.77. The first-order valence-electron chi connectivity index (χ1n) is 13.1. The quantitative estimate of drug-likeness (QED) is 0.266. The first-order valence-corrected chi connectivity index (χ1v) is 13.1. The normalized spacial score (nSPS) is 24.9. The monoisotopic (exact) mass is 488 g/mol. The summed E-state index contributed by atoms with van der Waals surface area (Å²) in [5, 5.41) is 0. The molecule has 1 aliphatic heterocycles. The van der Waals surface area contributed by atoms with Crippen molar-refractivity contribution in [2.24, 2.45) is 11.8 Å². The van der Waals surface area contributed by atoms with Gasteiger partial charge in [0.05, 0.1) is 12.7 Å². The zero-order valence-electron chi connectivity index (χ0n) is 20.6. The zero-order chi connectivity index (χ0) is 24.9. The van der Waals surface area contributed by atoms with Crippen LogP contribution in [0.15, 0.2) is 36.9 Å². The third kappa shape index (κ3) is 5.66. The molecule has 1 heterocycles. The Morgan fingerprint density at radius 1 is 0.771 bits per heavy atom. The van der Waals surface area contributed by atoms with Crippen molar-refractivity contribution in [3.8, 4) is 11.1 Å². The zero-order valence-corrected chi connectivity index (χ0v) is 20.6. The molecular formula is C30H36F4O. The van der Waals surface area contributed by atoms with Crippen molar-refractivity contribution in [2.75, 3.05) is 6.61 Å². The van der Waals surface area contributed by atoms with E-state index in [1.165, 1.54) is 18.2 Å². The number of allylic oxidation sites excluding steroid dienone is 1. The van der Waals surface area contributed by atoms with E-state index in [0.29, 0.717) is 30.4 Å². The number of ether oxygens (including phenoxy) is 1. The van der Waals surface area contributed by atoms with E-state index in [9.17, 15) is 0 Å². The van der Waals surface area contributed by atoms with Crippen LogP contribution in [-0.2, 0) is 4.74 Å². The summed E-state index contributed by atoms with van der Waals surface area (Å²) < 4.78 is 66.2. The molecule has 190 valence electrons. The predicted octanol–water partition coefficient (Wildman–Crippen LogP) is 9.42. The lowest BCUT2D eigenvalue weighted by Crippen LogP contribution is -2.21. The Balaban J connectivity index is 1.51. The molecule has 1 nitrogen and oxygen atoms in total. The summed E-state index contributed by atoms with van der Waals surface area (Å²) in [4.78, 5) is 0. The lowest BCUT2D eigenvalue weighted by molar-refractivity contribution is -0.0214. The van der Waals surface area contributed by atoms with Crippen molar-refractivity contribution in [3.63, 3.8) is 0 Å². The van der Waals surface area contributed by atoms with Gasteiger partial charge in [-0.2, -0.15) is 0 Å². The van der Waals surface area contributed by atoms with Crippen molar-refractivity contribution in [3.05, 3.63) is 71.3 Å². The van der Waals surface area contributed by atoms with Gasteiger partial charge < -0.3 is 4.74 Å². The summed E-state index contributed by atoms with van der Waals surface area (Å²) in [6.45, 7) is 6.41. The van der Waals surface area contributed by atoms with Crippen molar-refractivity contribution >= 4 is 0 Å². The number of rotatable bonds is 8. The maximum absolute atomic E-state index is 15.1. The summed E-state index contributed by atoms with van der Waals surface area (Å²) in [5.74, 6) is -3.27. The Kier molecular flexibility index (Phi) is 8.69. The van der Waals surface area contributed by atoms with Gasteiger partial charge in [0.15, 0.2) is 23.3 Å². The van der Waals surface area contributed by atoms with Crippen LogP contribution in [-0.4, -0.2) is 6.61 Å².